The SMILES string of the molecule is C.Cc1ccc2ccccc2c1CC(=O)c1ccc[nH]1. The molecule has 0 aliphatic carbocycles. The summed E-state index contributed by atoms with van der Waals surface area (Å²) in [5, 5.41) is 2.35. The lowest BCUT2D eigenvalue weighted by molar-refractivity contribution is 0.0989. The number of aromatic amines is 1. The summed E-state index contributed by atoms with van der Waals surface area (Å²) in [6.07, 6.45) is 2.22. The quantitative estimate of drug-likeness (QED) is 0.693. The first-order valence-electron chi connectivity index (χ1n) is 6.39. The molecule has 1 aromatic heterocycles. The Bertz CT molecular complexity index is 726. The number of hydrogen-bond donors (Lipinski definition) is 1. The summed E-state index contributed by atoms with van der Waals surface area (Å²) >= 11 is 0. The normalized spacial score (nSPS) is 10.2. The maximum Gasteiger partial charge on any atom is 0.183 e. The zero-order valence-corrected chi connectivity index (χ0v) is 10.8. The molecule has 2 nitrogen and oxygen atoms in total. The molecule has 0 fully saturated rings. The van der Waals surface area contributed by atoms with Crippen LogP contribution in [0.15, 0.2) is 54.7 Å². The molecule has 2 heteroatoms. The third-order valence-corrected chi connectivity index (χ3v) is 3.51. The van der Waals surface area contributed by atoms with E-state index in [1.54, 1.807) is 6.20 Å². The number of aryl methyl sites for hydroxylation is 1. The monoisotopic (exact) mass is 265 g/mol. The molecule has 102 valence electrons. The van der Waals surface area contributed by atoms with Crippen LogP contribution < -0.4 is 0 Å². The third kappa shape index (κ3) is 2.50. The van der Waals surface area contributed by atoms with Crippen molar-refractivity contribution < 1.29 is 4.79 Å². The maximum atomic E-state index is 12.2. The Kier molecular flexibility index (Phi) is 4.04. The minimum Gasteiger partial charge on any atom is -0.359 e. The molecule has 1 heterocycles. The molecule has 0 saturated carbocycles. The molecule has 0 unspecified atom stereocenters. The second-order valence-corrected chi connectivity index (χ2v) is 4.77. The van der Waals surface area contributed by atoms with E-state index in [9.17, 15) is 4.79 Å². The van der Waals surface area contributed by atoms with E-state index in [1.807, 2.05) is 24.3 Å². The first-order valence-corrected chi connectivity index (χ1v) is 6.39. The number of nitrogens with one attached hydrogen (secondary N) is 1. The molecule has 0 amide bonds. The fraction of sp³-hybridized carbons (Fsp3) is 0.167. The topological polar surface area (TPSA) is 32.9 Å². The van der Waals surface area contributed by atoms with Crippen LogP contribution in [0, 0.1) is 6.92 Å². The van der Waals surface area contributed by atoms with Gasteiger partial charge in [0.25, 0.3) is 0 Å². The van der Waals surface area contributed by atoms with Crippen molar-refractivity contribution in [1.29, 1.82) is 0 Å². The zero-order valence-electron chi connectivity index (χ0n) is 10.8. The summed E-state index contributed by atoms with van der Waals surface area (Å²) < 4.78 is 0. The van der Waals surface area contributed by atoms with E-state index in [2.05, 4.69) is 36.2 Å². The first kappa shape index (κ1) is 14.1. The van der Waals surface area contributed by atoms with E-state index >= 15 is 0 Å². The maximum absolute atomic E-state index is 12.2. The lowest BCUT2D eigenvalue weighted by Crippen LogP contribution is -2.05. The van der Waals surface area contributed by atoms with Gasteiger partial charge in [0.1, 0.15) is 0 Å². The van der Waals surface area contributed by atoms with Crippen molar-refractivity contribution in [3.8, 4) is 0 Å². The Balaban J connectivity index is 0.00000147. The van der Waals surface area contributed by atoms with Gasteiger partial charge in [0.15, 0.2) is 5.78 Å². The average Bonchev–Trinajstić information content (AvgIpc) is 2.96. The molecule has 2 aromatic carbocycles. The Labute approximate surface area is 119 Å². The van der Waals surface area contributed by atoms with Crippen LogP contribution in [0.25, 0.3) is 10.8 Å². The lowest BCUT2D eigenvalue weighted by Gasteiger charge is -2.09. The second kappa shape index (κ2) is 5.74. The van der Waals surface area contributed by atoms with Crippen molar-refractivity contribution in [3.63, 3.8) is 0 Å². The van der Waals surface area contributed by atoms with Crippen LogP contribution in [0.1, 0.15) is 29.0 Å². The molecule has 0 bridgehead atoms. The number of benzene rings is 2. The van der Waals surface area contributed by atoms with Crippen LogP contribution in [0.3, 0.4) is 0 Å². The van der Waals surface area contributed by atoms with E-state index in [0.29, 0.717) is 12.1 Å². The van der Waals surface area contributed by atoms with E-state index in [1.165, 1.54) is 16.3 Å². The molecule has 3 aromatic rings. The summed E-state index contributed by atoms with van der Waals surface area (Å²) in [7, 11) is 0. The summed E-state index contributed by atoms with van der Waals surface area (Å²) in [4.78, 5) is 15.2. The molecule has 0 aliphatic rings. The van der Waals surface area contributed by atoms with Crippen molar-refractivity contribution >= 4 is 16.6 Å². The molecule has 0 aliphatic heterocycles. The molecule has 1 N–H and O–H groups in total. The van der Waals surface area contributed by atoms with Crippen molar-refractivity contribution in [2.45, 2.75) is 20.8 Å². The van der Waals surface area contributed by atoms with E-state index < -0.39 is 0 Å². The van der Waals surface area contributed by atoms with Crippen LogP contribution in [-0.2, 0) is 6.42 Å². The van der Waals surface area contributed by atoms with Gasteiger partial charge in [-0.15, -0.1) is 0 Å². The molecular weight excluding hydrogens is 246 g/mol. The van der Waals surface area contributed by atoms with Crippen molar-refractivity contribution in [1.82, 2.24) is 4.98 Å². The van der Waals surface area contributed by atoms with Gasteiger partial charge >= 0.3 is 0 Å². The van der Waals surface area contributed by atoms with Crippen molar-refractivity contribution in [3.05, 3.63) is 71.5 Å². The third-order valence-electron chi connectivity index (χ3n) is 3.51. The van der Waals surface area contributed by atoms with Gasteiger partial charge in [0.05, 0.1) is 5.69 Å². The Morgan fingerprint density at radius 3 is 2.60 bits per heavy atom. The van der Waals surface area contributed by atoms with Crippen LogP contribution in [0.2, 0.25) is 0 Å². The second-order valence-electron chi connectivity index (χ2n) is 4.77. The van der Waals surface area contributed by atoms with Crippen LogP contribution in [0.4, 0.5) is 0 Å². The average molecular weight is 265 g/mol. The Morgan fingerprint density at radius 1 is 1.05 bits per heavy atom. The highest BCUT2D eigenvalue weighted by molar-refractivity contribution is 5.99. The highest BCUT2D eigenvalue weighted by Crippen LogP contribution is 2.23. The Morgan fingerprint density at radius 2 is 1.85 bits per heavy atom. The molecule has 0 spiro atoms. The number of carbonyl (C=O) groups excluding carboxylic acids is 1. The standard InChI is InChI=1S/C17H15NO.CH4/c1-12-8-9-13-5-2-3-6-14(13)15(12)11-17(19)16-7-4-10-18-16;/h2-10,18H,11H2,1H3;1H4. The minimum atomic E-state index is 0. The van der Waals surface area contributed by atoms with Crippen LogP contribution in [-0.4, -0.2) is 10.8 Å². The van der Waals surface area contributed by atoms with Gasteiger partial charge in [-0.25, -0.2) is 0 Å². The lowest BCUT2D eigenvalue weighted by atomic mass is 9.95. The first-order chi connectivity index (χ1) is 9.25. The number of hydrogen-bond acceptors (Lipinski definition) is 1. The number of fused-ring (bicyclic) bond motifs is 1. The van der Waals surface area contributed by atoms with Crippen LogP contribution in [0.5, 0.6) is 0 Å². The predicted octanol–water partition coefficient (Wildman–Crippen LogP) is 4.54. The van der Waals surface area contributed by atoms with E-state index in [-0.39, 0.29) is 13.2 Å². The van der Waals surface area contributed by atoms with E-state index in [4.69, 9.17) is 0 Å². The number of carbonyl (C=O) groups is 1. The molecule has 20 heavy (non-hydrogen) atoms. The number of H-pyrrole nitrogens is 1. The zero-order chi connectivity index (χ0) is 13.2. The number of ketones is 1. The van der Waals surface area contributed by atoms with Gasteiger partial charge in [-0.1, -0.05) is 43.8 Å². The summed E-state index contributed by atoms with van der Waals surface area (Å²) in [6, 6.07) is 16.1. The molecular formula is C18H19NO. The number of rotatable bonds is 3. The molecule has 0 atom stereocenters. The molecule has 0 saturated heterocycles. The highest BCUT2D eigenvalue weighted by atomic mass is 16.1. The van der Waals surface area contributed by atoms with Gasteiger partial charge in [0, 0.05) is 12.6 Å². The van der Waals surface area contributed by atoms with Gasteiger partial charge in [-0.05, 0) is 41.0 Å². The highest BCUT2D eigenvalue weighted by Gasteiger charge is 2.12. The van der Waals surface area contributed by atoms with Gasteiger partial charge in [-0.3, -0.25) is 4.79 Å². The molecule has 0 radical (unpaired) electrons. The van der Waals surface area contributed by atoms with Gasteiger partial charge in [0.2, 0.25) is 0 Å². The minimum absolute atomic E-state index is 0. The van der Waals surface area contributed by atoms with Gasteiger partial charge < -0.3 is 4.98 Å². The van der Waals surface area contributed by atoms with Gasteiger partial charge in [-0.2, -0.15) is 0 Å². The molecule has 3 rings (SSSR count). The number of Topliss-reactive ketones (excluding diaryl/α,β-unsaturated/α-hetero) is 1. The number of aromatic nitrogens is 1. The fourth-order valence-corrected chi connectivity index (χ4v) is 2.44. The summed E-state index contributed by atoms with van der Waals surface area (Å²) in [6.45, 7) is 2.06. The summed E-state index contributed by atoms with van der Waals surface area (Å²) in [5.41, 5.74) is 2.96. The largest absolute Gasteiger partial charge is 0.359 e. The smallest absolute Gasteiger partial charge is 0.183 e. The van der Waals surface area contributed by atoms with Crippen molar-refractivity contribution in [2.24, 2.45) is 0 Å². The predicted molar refractivity (Wildman–Crippen MR) is 84.2 cm³/mol. The van der Waals surface area contributed by atoms with E-state index in [0.717, 1.165) is 5.56 Å². The Hall–Kier alpha value is -2.35. The van der Waals surface area contributed by atoms with Crippen molar-refractivity contribution in [2.75, 3.05) is 0 Å². The summed E-state index contributed by atoms with van der Waals surface area (Å²) in [5.74, 6) is 0.129. The fourth-order valence-electron chi connectivity index (χ4n) is 2.44. The van der Waals surface area contributed by atoms with Crippen LogP contribution >= 0.6 is 0 Å².